The number of hydrogen-bond donors (Lipinski definition) is 2. The lowest BCUT2D eigenvalue weighted by molar-refractivity contribution is 0.360. The Morgan fingerprint density at radius 1 is 1.21 bits per heavy atom. The quantitative estimate of drug-likeness (QED) is 0.719. The SMILES string of the molecule is N#CC1=C(N)Oc2c(O)cc3ccccc3c2[C@H]1c1cccnc1. The maximum Gasteiger partial charge on any atom is 0.205 e. The van der Waals surface area contributed by atoms with Crippen LogP contribution in [0.5, 0.6) is 11.5 Å². The Kier molecular flexibility index (Phi) is 3.10. The zero-order valence-corrected chi connectivity index (χ0v) is 12.6. The molecule has 2 aromatic carbocycles. The molecule has 24 heavy (non-hydrogen) atoms. The zero-order valence-electron chi connectivity index (χ0n) is 12.6. The summed E-state index contributed by atoms with van der Waals surface area (Å²) in [5, 5.41) is 21.8. The number of phenolic OH excluding ortho intramolecular Hbond substituents is 1. The van der Waals surface area contributed by atoms with Crippen LogP contribution in [-0.2, 0) is 0 Å². The molecule has 0 spiro atoms. The van der Waals surface area contributed by atoms with E-state index in [2.05, 4.69) is 11.1 Å². The molecule has 3 N–H and O–H groups in total. The number of benzene rings is 2. The van der Waals surface area contributed by atoms with Crippen molar-refractivity contribution in [3.8, 4) is 17.6 Å². The number of ether oxygens (including phenoxy) is 1. The van der Waals surface area contributed by atoms with Crippen molar-refractivity contribution >= 4 is 10.8 Å². The molecule has 0 saturated heterocycles. The summed E-state index contributed by atoms with van der Waals surface area (Å²) < 4.78 is 5.59. The van der Waals surface area contributed by atoms with E-state index >= 15 is 0 Å². The van der Waals surface area contributed by atoms with Gasteiger partial charge in [-0.25, -0.2) is 0 Å². The Bertz CT molecular complexity index is 1020. The van der Waals surface area contributed by atoms with Crippen LogP contribution in [0.3, 0.4) is 0 Å². The second kappa shape index (κ2) is 5.28. The predicted octanol–water partition coefficient (Wildman–Crippen LogP) is 3.16. The van der Waals surface area contributed by atoms with Gasteiger partial charge in [0.25, 0.3) is 0 Å². The van der Waals surface area contributed by atoms with Crippen molar-refractivity contribution in [3.63, 3.8) is 0 Å². The number of fused-ring (bicyclic) bond motifs is 3. The summed E-state index contributed by atoms with van der Waals surface area (Å²) in [7, 11) is 0. The lowest BCUT2D eigenvalue weighted by Crippen LogP contribution is -2.21. The Morgan fingerprint density at radius 2 is 2.04 bits per heavy atom. The molecule has 0 bridgehead atoms. The van der Waals surface area contributed by atoms with Crippen LogP contribution < -0.4 is 10.5 Å². The molecule has 1 atom stereocenters. The number of nitrogens with two attached hydrogens (primary N) is 1. The van der Waals surface area contributed by atoms with Crippen LogP contribution in [-0.4, -0.2) is 10.1 Å². The van der Waals surface area contributed by atoms with Crippen LogP contribution in [0.1, 0.15) is 17.0 Å². The van der Waals surface area contributed by atoms with Crippen LogP contribution >= 0.6 is 0 Å². The number of rotatable bonds is 1. The summed E-state index contributed by atoms with van der Waals surface area (Å²) in [5.74, 6) is -0.148. The highest BCUT2D eigenvalue weighted by molar-refractivity contribution is 5.92. The van der Waals surface area contributed by atoms with Crippen LogP contribution in [0, 0.1) is 11.3 Å². The molecule has 4 rings (SSSR count). The molecule has 0 saturated carbocycles. The molecule has 5 nitrogen and oxygen atoms in total. The van der Waals surface area contributed by atoms with Crippen molar-refractivity contribution in [2.24, 2.45) is 5.73 Å². The number of nitrogens with zero attached hydrogens (tertiary/aromatic N) is 2. The first-order valence-electron chi connectivity index (χ1n) is 7.43. The summed E-state index contributed by atoms with van der Waals surface area (Å²) in [5.41, 5.74) is 7.80. The Hall–Kier alpha value is -3.52. The Labute approximate surface area is 138 Å². The van der Waals surface area contributed by atoms with Gasteiger partial charge in [0, 0.05) is 18.0 Å². The first-order valence-corrected chi connectivity index (χ1v) is 7.43. The molecular formula is C19H13N3O2. The first kappa shape index (κ1) is 14.1. The molecule has 0 unspecified atom stereocenters. The van der Waals surface area contributed by atoms with Crippen LogP contribution in [0.4, 0.5) is 0 Å². The highest BCUT2D eigenvalue weighted by Crippen LogP contribution is 2.49. The van der Waals surface area contributed by atoms with E-state index in [1.54, 1.807) is 24.5 Å². The van der Waals surface area contributed by atoms with Crippen molar-refractivity contribution in [1.29, 1.82) is 5.26 Å². The molecule has 1 aliphatic heterocycles. The third kappa shape index (κ3) is 1.97. The number of allylic oxidation sites excluding steroid dienone is 1. The molecule has 0 amide bonds. The molecule has 5 heteroatoms. The molecule has 0 aliphatic carbocycles. The third-order valence-corrected chi connectivity index (χ3v) is 4.21. The van der Waals surface area contributed by atoms with Crippen LogP contribution in [0.15, 0.2) is 66.3 Å². The van der Waals surface area contributed by atoms with Gasteiger partial charge in [0.1, 0.15) is 11.6 Å². The number of pyridine rings is 1. The van der Waals surface area contributed by atoms with Gasteiger partial charge in [-0.3, -0.25) is 4.98 Å². The molecule has 116 valence electrons. The molecule has 1 aromatic heterocycles. The number of nitriles is 1. The topological polar surface area (TPSA) is 92.2 Å². The van der Waals surface area contributed by atoms with Gasteiger partial charge < -0.3 is 15.6 Å². The van der Waals surface area contributed by atoms with Gasteiger partial charge in [-0.05, 0) is 28.5 Å². The zero-order chi connectivity index (χ0) is 16.7. The lowest BCUT2D eigenvalue weighted by atomic mass is 9.81. The predicted molar refractivity (Wildman–Crippen MR) is 89.1 cm³/mol. The van der Waals surface area contributed by atoms with Gasteiger partial charge in [-0.1, -0.05) is 30.3 Å². The lowest BCUT2D eigenvalue weighted by Gasteiger charge is -2.28. The summed E-state index contributed by atoms with van der Waals surface area (Å²) in [4.78, 5) is 4.15. The van der Waals surface area contributed by atoms with E-state index in [4.69, 9.17) is 10.5 Å². The normalized spacial score (nSPS) is 16.4. The van der Waals surface area contributed by atoms with E-state index in [9.17, 15) is 10.4 Å². The van der Waals surface area contributed by atoms with E-state index in [0.29, 0.717) is 11.3 Å². The largest absolute Gasteiger partial charge is 0.504 e. The van der Waals surface area contributed by atoms with Gasteiger partial charge in [0.2, 0.25) is 5.88 Å². The second-order valence-corrected chi connectivity index (χ2v) is 5.57. The fourth-order valence-corrected chi connectivity index (χ4v) is 3.19. The summed E-state index contributed by atoms with van der Waals surface area (Å²) in [6, 6.07) is 15.1. The minimum Gasteiger partial charge on any atom is -0.504 e. The van der Waals surface area contributed by atoms with Gasteiger partial charge in [0.15, 0.2) is 11.5 Å². The third-order valence-electron chi connectivity index (χ3n) is 4.21. The average Bonchev–Trinajstić information content (AvgIpc) is 2.62. The summed E-state index contributed by atoms with van der Waals surface area (Å²) in [6.07, 6.45) is 3.37. The Morgan fingerprint density at radius 3 is 2.79 bits per heavy atom. The highest BCUT2D eigenvalue weighted by Gasteiger charge is 2.34. The van der Waals surface area contributed by atoms with Crippen molar-refractivity contribution in [2.75, 3.05) is 0 Å². The molecule has 0 fully saturated rings. The van der Waals surface area contributed by atoms with Crippen molar-refractivity contribution in [1.82, 2.24) is 4.98 Å². The van der Waals surface area contributed by atoms with Gasteiger partial charge in [-0.2, -0.15) is 5.26 Å². The maximum atomic E-state index is 10.4. The molecule has 1 aliphatic rings. The highest BCUT2D eigenvalue weighted by atomic mass is 16.5. The number of hydrogen-bond acceptors (Lipinski definition) is 5. The van der Waals surface area contributed by atoms with E-state index in [1.165, 1.54) is 0 Å². The standard InChI is InChI=1S/C19H13N3O2/c20-9-14-16(12-5-3-7-22-10-12)17-13-6-2-1-4-11(13)8-15(23)18(17)24-19(14)21/h1-8,10,16,23H,21H2/t16-/m0/s1. The van der Waals surface area contributed by atoms with Gasteiger partial charge >= 0.3 is 0 Å². The van der Waals surface area contributed by atoms with Gasteiger partial charge in [0.05, 0.1) is 5.92 Å². The number of aromatic nitrogens is 1. The van der Waals surface area contributed by atoms with Crippen molar-refractivity contribution in [2.45, 2.75) is 5.92 Å². The molecule has 3 aromatic rings. The minimum atomic E-state index is -0.440. The Balaban J connectivity index is 2.12. The molecular weight excluding hydrogens is 302 g/mol. The average molecular weight is 315 g/mol. The fourth-order valence-electron chi connectivity index (χ4n) is 3.19. The molecule has 2 heterocycles. The van der Waals surface area contributed by atoms with E-state index in [0.717, 1.165) is 21.9 Å². The monoisotopic (exact) mass is 315 g/mol. The second-order valence-electron chi connectivity index (χ2n) is 5.57. The van der Waals surface area contributed by atoms with E-state index < -0.39 is 5.92 Å². The summed E-state index contributed by atoms with van der Waals surface area (Å²) >= 11 is 0. The van der Waals surface area contributed by atoms with Crippen LogP contribution in [0.25, 0.3) is 10.8 Å². The first-order chi connectivity index (χ1) is 11.7. The maximum absolute atomic E-state index is 10.4. The van der Waals surface area contributed by atoms with E-state index in [1.807, 2.05) is 30.3 Å². The minimum absolute atomic E-state index is 0.00229. The summed E-state index contributed by atoms with van der Waals surface area (Å²) in [6.45, 7) is 0. The fraction of sp³-hybridized carbons (Fsp3) is 0.0526. The van der Waals surface area contributed by atoms with Crippen LogP contribution in [0.2, 0.25) is 0 Å². The van der Waals surface area contributed by atoms with Crippen molar-refractivity contribution in [3.05, 3.63) is 77.4 Å². The molecule has 0 radical (unpaired) electrons. The number of aromatic hydroxyl groups is 1. The van der Waals surface area contributed by atoms with E-state index in [-0.39, 0.29) is 11.6 Å². The van der Waals surface area contributed by atoms with Gasteiger partial charge in [-0.15, -0.1) is 0 Å². The van der Waals surface area contributed by atoms with Crippen molar-refractivity contribution < 1.29 is 9.84 Å². The smallest absolute Gasteiger partial charge is 0.205 e. The number of phenols is 1.